The zero-order valence-electron chi connectivity index (χ0n) is 29.2. The molecular weight excluding hydrogens is 846 g/mol. The fourth-order valence-corrected chi connectivity index (χ4v) is 6.75. The van der Waals surface area contributed by atoms with Crippen LogP contribution in [-0.4, -0.2) is 0 Å². The fraction of sp³-hybridized carbons (Fsp3) is 0.143. The smallest absolute Gasteiger partial charge is 0.166 e. The zero-order chi connectivity index (χ0) is 44.1. The van der Waals surface area contributed by atoms with Crippen LogP contribution < -0.4 is 0 Å². The number of alkyl halides is 18. The molecule has 0 amide bonds. The van der Waals surface area contributed by atoms with Gasteiger partial charge >= 0.3 is 37.1 Å². The van der Waals surface area contributed by atoms with E-state index in [9.17, 15) is 79.0 Å². The summed E-state index contributed by atoms with van der Waals surface area (Å²) in [6, 6.07) is 8.51. The van der Waals surface area contributed by atoms with Gasteiger partial charge in [0.25, 0.3) is 0 Å². The molecule has 0 saturated carbocycles. The maximum atomic E-state index is 14.4. The van der Waals surface area contributed by atoms with Gasteiger partial charge in [0, 0.05) is 0 Å². The SMILES string of the molecule is FC(F)(F)c1cc2cc(c1)c1cc(C(F)(F)F)cc(c1)c1cc(C(F)(F)F)cc(c1)c1cc(C(F)(F)F)cc(c1)c1cc(C(F)(F)F)cc(c1)c1cc(C(F)(F)F)cc2c1. The third kappa shape index (κ3) is 8.54. The quantitative estimate of drug-likeness (QED) is 0.133. The monoisotopic (exact) mass is 864 g/mol. The first kappa shape index (κ1) is 42.2. The van der Waals surface area contributed by atoms with E-state index in [0.717, 1.165) is 36.4 Å². The molecule has 0 aliphatic heterocycles. The van der Waals surface area contributed by atoms with Crippen molar-refractivity contribution in [2.45, 2.75) is 37.1 Å². The van der Waals surface area contributed by atoms with Crippen molar-refractivity contribution < 1.29 is 79.0 Å². The van der Waals surface area contributed by atoms with Crippen molar-refractivity contribution in [3.05, 3.63) is 143 Å². The predicted molar refractivity (Wildman–Crippen MR) is 188 cm³/mol. The molecule has 0 aromatic heterocycles. The van der Waals surface area contributed by atoms with Gasteiger partial charge in [0.05, 0.1) is 33.4 Å². The lowest BCUT2D eigenvalue weighted by atomic mass is 9.96. The summed E-state index contributed by atoms with van der Waals surface area (Å²) in [5.74, 6) is 0. The Morgan fingerprint density at radius 2 is 0.233 bits per heavy atom. The molecule has 0 aliphatic rings. The van der Waals surface area contributed by atoms with E-state index in [1.165, 1.54) is 0 Å². The van der Waals surface area contributed by atoms with E-state index in [1.54, 1.807) is 0 Å². The maximum absolute atomic E-state index is 14.4. The van der Waals surface area contributed by atoms with E-state index in [4.69, 9.17) is 0 Å². The maximum Gasteiger partial charge on any atom is 0.416 e. The summed E-state index contributed by atoms with van der Waals surface area (Å²) in [6.07, 6.45) is -31.9. The largest absolute Gasteiger partial charge is 0.416 e. The van der Waals surface area contributed by atoms with E-state index in [1.807, 2.05) is 0 Å². The molecule has 0 saturated heterocycles. The highest BCUT2D eigenvalue weighted by Gasteiger charge is 2.36. The molecule has 0 heterocycles. The molecule has 7 aromatic carbocycles. The molecule has 12 bridgehead atoms. The van der Waals surface area contributed by atoms with Crippen LogP contribution in [0, 0.1) is 0 Å². The fourth-order valence-electron chi connectivity index (χ4n) is 6.75. The Balaban J connectivity index is 1.89. The first-order valence-electron chi connectivity index (χ1n) is 16.8. The van der Waals surface area contributed by atoms with Crippen molar-refractivity contribution in [1.29, 1.82) is 0 Å². The third-order valence-corrected chi connectivity index (χ3v) is 9.56. The number of hydrogen-bond acceptors (Lipinski definition) is 0. The second kappa shape index (κ2) is 13.8. The molecule has 7 aromatic rings. The van der Waals surface area contributed by atoms with Gasteiger partial charge in [0.2, 0.25) is 0 Å². The van der Waals surface area contributed by atoms with Crippen molar-refractivity contribution in [3.8, 4) is 0 Å². The number of benzene rings is 6. The van der Waals surface area contributed by atoms with Gasteiger partial charge < -0.3 is 0 Å². The van der Waals surface area contributed by atoms with Crippen molar-refractivity contribution in [1.82, 2.24) is 0 Å². The van der Waals surface area contributed by atoms with Crippen LogP contribution in [0.5, 0.6) is 0 Å². The minimum absolute atomic E-state index is 0.330. The average Bonchev–Trinajstić information content (AvgIpc) is 3.14. The Labute approximate surface area is 323 Å². The summed E-state index contributed by atoms with van der Waals surface area (Å²) >= 11 is 0. The Hall–Kier alpha value is -5.94. The summed E-state index contributed by atoms with van der Waals surface area (Å²) < 4.78 is 259. The van der Waals surface area contributed by atoms with E-state index in [-0.39, 0.29) is 0 Å². The number of hydrogen-bond donors (Lipinski definition) is 0. The molecule has 312 valence electrons. The summed E-state index contributed by atoms with van der Waals surface area (Å²) in [6.45, 7) is 0. The molecule has 0 fully saturated rings. The van der Waals surface area contributed by atoms with Crippen LogP contribution in [0.4, 0.5) is 79.0 Å². The summed E-state index contributed by atoms with van der Waals surface area (Å²) in [4.78, 5) is 0. The highest BCUT2D eigenvalue weighted by Crippen LogP contribution is 2.42. The Bertz CT molecular complexity index is 2320. The van der Waals surface area contributed by atoms with Crippen LogP contribution in [0.1, 0.15) is 33.4 Å². The molecule has 18 heteroatoms. The van der Waals surface area contributed by atoms with Crippen molar-refractivity contribution >= 4 is 64.6 Å². The summed E-state index contributed by atoms with van der Waals surface area (Å²) in [7, 11) is 0. The van der Waals surface area contributed by atoms with Gasteiger partial charge in [-0.3, -0.25) is 0 Å². The number of rotatable bonds is 0. The average molecular weight is 865 g/mol. The molecule has 0 N–H and O–H groups in total. The van der Waals surface area contributed by atoms with E-state index in [0.29, 0.717) is 72.8 Å². The van der Waals surface area contributed by atoms with Gasteiger partial charge in [0.1, 0.15) is 0 Å². The van der Waals surface area contributed by atoms with Crippen LogP contribution in [-0.2, 0) is 37.1 Å². The Morgan fingerprint density at radius 1 is 0.150 bits per heavy atom. The van der Waals surface area contributed by atoms with Crippen LogP contribution in [0.15, 0.2) is 109 Å². The third-order valence-electron chi connectivity index (χ3n) is 9.56. The normalized spacial score (nSPS) is 13.5. The van der Waals surface area contributed by atoms with Gasteiger partial charge in [-0.15, -0.1) is 0 Å². The predicted octanol–water partition coefficient (Wildman–Crippen LogP) is 16.4. The molecule has 0 nitrogen and oxygen atoms in total. The molecule has 0 spiro atoms. The topological polar surface area (TPSA) is 0 Å². The molecule has 0 aliphatic carbocycles. The summed E-state index contributed by atoms with van der Waals surface area (Å²) in [5, 5.41) is -8.80. The van der Waals surface area contributed by atoms with Gasteiger partial charge in [-0.2, -0.15) is 79.0 Å². The molecule has 0 atom stereocenters. The first-order chi connectivity index (χ1) is 27.4. The second-order valence-electron chi connectivity index (χ2n) is 13.8. The molecule has 0 radical (unpaired) electrons. The van der Waals surface area contributed by atoms with Crippen LogP contribution in [0.2, 0.25) is 0 Å². The Morgan fingerprint density at radius 3 is 0.300 bits per heavy atom. The van der Waals surface area contributed by atoms with Crippen LogP contribution >= 0.6 is 0 Å². The number of fused-ring (bicyclic) bond motifs is 18. The standard InChI is InChI=1S/C42H18F18/c43-37(44,45)31-7-19-1-20(8-31)22-3-24(12-33(10-22)39(49,50)51)26-5-28(16-35(14-26)41(55,56)57)30-6-29(17-36(18-30)42(58,59)60)27-4-25(13-34(15-27)40(52,53)54)23-2-21(19)9-32(11-23)38(46,47)48/h1-18H. The van der Waals surface area contributed by atoms with Crippen molar-refractivity contribution in [3.63, 3.8) is 0 Å². The first-order valence-corrected chi connectivity index (χ1v) is 16.8. The minimum Gasteiger partial charge on any atom is -0.166 e. The van der Waals surface area contributed by atoms with E-state index < -0.39 is 135 Å². The Kier molecular flexibility index (Phi) is 9.71. The van der Waals surface area contributed by atoms with Gasteiger partial charge in [-0.05, 0) is 174 Å². The number of halogens is 18. The van der Waals surface area contributed by atoms with E-state index in [2.05, 4.69) is 0 Å². The van der Waals surface area contributed by atoms with Gasteiger partial charge in [0.15, 0.2) is 0 Å². The molecule has 7 rings (SSSR count). The van der Waals surface area contributed by atoms with Crippen LogP contribution in [0.25, 0.3) is 64.6 Å². The zero-order valence-corrected chi connectivity index (χ0v) is 29.2. The highest BCUT2D eigenvalue weighted by atomic mass is 19.4. The minimum atomic E-state index is -5.31. The van der Waals surface area contributed by atoms with Crippen LogP contribution in [0.3, 0.4) is 0 Å². The van der Waals surface area contributed by atoms with Crippen molar-refractivity contribution in [2.24, 2.45) is 0 Å². The molecule has 60 heavy (non-hydrogen) atoms. The van der Waals surface area contributed by atoms with Gasteiger partial charge in [-0.1, -0.05) is 0 Å². The van der Waals surface area contributed by atoms with Crippen molar-refractivity contribution in [2.75, 3.05) is 0 Å². The lowest BCUT2D eigenvalue weighted by molar-refractivity contribution is -0.138. The van der Waals surface area contributed by atoms with E-state index >= 15 is 0 Å². The van der Waals surface area contributed by atoms with Gasteiger partial charge in [-0.25, -0.2) is 0 Å². The molecular formula is C42H18F18. The lowest BCUT2D eigenvalue weighted by Crippen LogP contribution is -2.06. The molecule has 0 unspecified atom stereocenters. The second-order valence-corrected chi connectivity index (χ2v) is 13.8. The highest BCUT2D eigenvalue weighted by molar-refractivity contribution is 6.03. The lowest BCUT2D eigenvalue weighted by Gasteiger charge is -2.13. The summed E-state index contributed by atoms with van der Waals surface area (Å²) in [5.41, 5.74) is -9.64.